The van der Waals surface area contributed by atoms with E-state index in [1.807, 2.05) is 52.4 Å². The third-order valence-corrected chi connectivity index (χ3v) is 5.72. The van der Waals surface area contributed by atoms with E-state index in [0.717, 1.165) is 15.5 Å². The molecule has 1 aromatic carbocycles. The fourth-order valence-electron chi connectivity index (χ4n) is 2.45. The van der Waals surface area contributed by atoms with E-state index in [2.05, 4.69) is 0 Å². The minimum atomic E-state index is -0.265. The zero-order valence-corrected chi connectivity index (χ0v) is 15.5. The molecule has 25 heavy (non-hydrogen) atoms. The van der Waals surface area contributed by atoms with Crippen molar-refractivity contribution in [2.75, 3.05) is 5.75 Å². The average molecular weight is 375 g/mol. The van der Waals surface area contributed by atoms with Crippen molar-refractivity contribution in [2.24, 2.45) is 7.05 Å². The summed E-state index contributed by atoms with van der Waals surface area (Å²) in [5, 5.41) is 2.02. The highest BCUT2D eigenvalue weighted by Crippen LogP contribution is 2.21. The van der Waals surface area contributed by atoms with E-state index in [1.165, 1.54) is 23.9 Å². The normalized spacial score (nSPS) is 10.8. The Morgan fingerprint density at radius 1 is 1.16 bits per heavy atom. The van der Waals surface area contributed by atoms with Gasteiger partial charge in [0.15, 0.2) is 0 Å². The second kappa shape index (κ2) is 8.36. The van der Waals surface area contributed by atoms with Crippen LogP contribution in [0.3, 0.4) is 0 Å². The molecule has 0 unspecified atom stereocenters. The quantitative estimate of drug-likeness (QED) is 0.567. The molecule has 0 N–H and O–H groups in total. The predicted octanol–water partition coefficient (Wildman–Crippen LogP) is 4.55. The molecule has 3 nitrogen and oxygen atoms in total. The lowest BCUT2D eigenvalue weighted by atomic mass is 10.3. The van der Waals surface area contributed by atoms with E-state index in [1.54, 1.807) is 23.5 Å². The first-order chi connectivity index (χ1) is 12.1. The highest BCUT2D eigenvalue weighted by Gasteiger charge is 2.16. The fourth-order valence-corrected chi connectivity index (χ4v) is 3.97. The van der Waals surface area contributed by atoms with Crippen LogP contribution in [0.1, 0.15) is 10.6 Å². The molecule has 1 amide bonds. The van der Waals surface area contributed by atoms with Gasteiger partial charge in [-0.05, 0) is 47.8 Å². The smallest absolute Gasteiger partial charge is 0.233 e. The van der Waals surface area contributed by atoms with Gasteiger partial charge in [-0.25, -0.2) is 4.39 Å². The average Bonchev–Trinajstić information content (AvgIpc) is 3.26. The summed E-state index contributed by atoms with van der Waals surface area (Å²) >= 11 is 3.09. The van der Waals surface area contributed by atoms with Crippen LogP contribution in [0.5, 0.6) is 0 Å². The number of hydrogen-bond acceptors (Lipinski definition) is 3. The maximum absolute atomic E-state index is 13.0. The summed E-state index contributed by atoms with van der Waals surface area (Å²) in [6, 6.07) is 14.3. The summed E-state index contributed by atoms with van der Waals surface area (Å²) in [6.45, 7) is 1.18. The summed E-state index contributed by atoms with van der Waals surface area (Å²) in [5.74, 6) is 0.143. The third kappa shape index (κ3) is 4.96. The van der Waals surface area contributed by atoms with Gasteiger partial charge in [0.25, 0.3) is 0 Å². The van der Waals surface area contributed by atoms with Gasteiger partial charge in [0, 0.05) is 28.7 Å². The lowest BCUT2D eigenvalue weighted by Crippen LogP contribution is -2.31. The predicted molar refractivity (Wildman–Crippen MR) is 101 cm³/mol. The number of hydrogen-bond donors (Lipinski definition) is 0. The third-order valence-electron chi connectivity index (χ3n) is 3.86. The monoisotopic (exact) mass is 374 g/mol. The molecule has 3 rings (SSSR count). The SMILES string of the molecule is Cn1cccc1CN(Cc1cccs1)C(=O)CSc1ccc(F)cc1. The van der Waals surface area contributed by atoms with Gasteiger partial charge >= 0.3 is 0 Å². The van der Waals surface area contributed by atoms with Crippen LogP contribution < -0.4 is 0 Å². The zero-order chi connectivity index (χ0) is 17.6. The molecule has 0 saturated heterocycles. The van der Waals surface area contributed by atoms with Gasteiger partial charge in [-0.2, -0.15) is 0 Å². The molecule has 0 atom stereocenters. The Labute approximate surface area is 155 Å². The second-order valence-corrected chi connectivity index (χ2v) is 7.76. The van der Waals surface area contributed by atoms with Crippen molar-refractivity contribution < 1.29 is 9.18 Å². The van der Waals surface area contributed by atoms with Crippen LogP contribution in [0.2, 0.25) is 0 Å². The summed E-state index contributed by atoms with van der Waals surface area (Å²) in [7, 11) is 1.98. The van der Waals surface area contributed by atoms with Crippen LogP contribution in [0.15, 0.2) is 65.0 Å². The Morgan fingerprint density at radius 3 is 2.60 bits per heavy atom. The lowest BCUT2D eigenvalue weighted by Gasteiger charge is -2.22. The molecule has 0 aliphatic heterocycles. The van der Waals surface area contributed by atoms with Gasteiger partial charge in [-0.1, -0.05) is 6.07 Å². The van der Waals surface area contributed by atoms with Crippen LogP contribution in [0.4, 0.5) is 4.39 Å². The van der Waals surface area contributed by atoms with Gasteiger partial charge < -0.3 is 9.47 Å². The van der Waals surface area contributed by atoms with E-state index in [-0.39, 0.29) is 11.7 Å². The molecule has 0 aliphatic carbocycles. The van der Waals surface area contributed by atoms with Gasteiger partial charge in [0.1, 0.15) is 5.82 Å². The number of thiophene rings is 1. The standard InChI is InChI=1S/C19H19FN2OS2/c1-21-10-2-4-16(21)12-22(13-18-5-3-11-24-18)19(23)14-25-17-8-6-15(20)7-9-17/h2-11H,12-14H2,1H3. The molecule has 0 fully saturated rings. The number of benzene rings is 1. The Morgan fingerprint density at radius 2 is 1.96 bits per heavy atom. The van der Waals surface area contributed by atoms with Crippen LogP contribution in [0.25, 0.3) is 0 Å². The largest absolute Gasteiger partial charge is 0.353 e. The maximum atomic E-state index is 13.0. The summed E-state index contributed by atoms with van der Waals surface area (Å²) in [5.41, 5.74) is 1.09. The molecular weight excluding hydrogens is 355 g/mol. The van der Waals surface area contributed by atoms with E-state index in [9.17, 15) is 9.18 Å². The van der Waals surface area contributed by atoms with Crippen molar-refractivity contribution in [1.82, 2.24) is 9.47 Å². The first-order valence-electron chi connectivity index (χ1n) is 7.90. The summed E-state index contributed by atoms with van der Waals surface area (Å²) < 4.78 is 15.0. The summed E-state index contributed by atoms with van der Waals surface area (Å²) in [4.78, 5) is 16.7. The van der Waals surface area contributed by atoms with Crippen molar-refractivity contribution in [3.05, 3.63) is 76.5 Å². The Bertz CT molecular complexity index is 812. The van der Waals surface area contributed by atoms with Crippen molar-refractivity contribution in [2.45, 2.75) is 18.0 Å². The van der Waals surface area contributed by atoms with Gasteiger partial charge in [-0.3, -0.25) is 4.79 Å². The fraction of sp³-hybridized carbons (Fsp3) is 0.211. The van der Waals surface area contributed by atoms with Gasteiger partial charge in [0.2, 0.25) is 5.91 Å². The molecule has 0 saturated carbocycles. The molecule has 0 aliphatic rings. The van der Waals surface area contributed by atoms with Crippen LogP contribution in [-0.2, 0) is 24.9 Å². The lowest BCUT2D eigenvalue weighted by molar-refractivity contribution is -0.129. The van der Waals surface area contributed by atoms with E-state index < -0.39 is 0 Å². The van der Waals surface area contributed by atoms with E-state index >= 15 is 0 Å². The van der Waals surface area contributed by atoms with Crippen molar-refractivity contribution in [3.63, 3.8) is 0 Å². The number of amides is 1. The van der Waals surface area contributed by atoms with E-state index in [0.29, 0.717) is 18.8 Å². The molecule has 0 radical (unpaired) electrons. The molecular formula is C19H19FN2OS2. The first-order valence-corrected chi connectivity index (χ1v) is 9.77. The molecule has 3 aromatic rings. The number of rotatable bonds is 7. The Balaban J connectivity index is 1.67. The van der Waals surface area contributed by atoms with Crippen molar-refractivity contribution in [1.29, 1.82) is 0 Å². The number of halogens is 1. The highest BCUT2D eigenvalue weighted by molar-refractivity contribution is 8.00. The molecule has 0 spiro atoms. The number of nitrogens with zero attached hydrogens (tertiary/aromatic N) is 2. The number of aromatic nitrogens is 1. The number of carbonyl (C=O) groups excluding carboxylic acids is 1. The number of aryl methyl sites for hydroxylation is 1. The Kier molecular flexibility index (Phi) is 5.94. The first kappa shape index (κ1) is 17.8. The van der Waals surface area contributed by atoms with Gasteiger partial charge in [-0.15, -0.1) is 23.1 Å². The molecule has 2 heterocycles. The zero-order valence-electron chi connectivity index (χ0n) is 13.9. The van der Waals surface area contributed by atoms with Crippen LogP contribution >= 0.6 is 23.1 Å². The molecule has 2 aromatic heterocycles. The minimum Gasteiger partial charge on any atom is -0.353 e. The van der Waals surface area contributed by atoms with Crippen molar-refractivity contribution in [3.8, 4) is 0 Å². The molecule has 130 valence electrons. The minimum absolute atomic E-state index is 0.0731. The van der Waals surface area contributed by atoms with Gasteiger partial charge in [0.05, 0.1) is 18.8 Å². The topological polar surface area (TPSA) is 25.2 Å². The van der Waals surface area contributed by atoms with Crippen molar-refractivity contribution >= 4 is 29.0 Å². The second-order valence-electron chi connectivity index (χ2n) is 5.68. The number of carbonyl (C=O) groups is 1. The molecule has 6 heteroatoms. The Hall–Kier alpha value is -2.05. The highest BCUT2D eigenvalue weighted by atomic mass is 32.2. The molecule has 0 bridgehead atoms. The van der Waals surface area contributed by atoms with E-state index in [4.69, 9.17) is 0 Å². The summed E-state index contributed by atoms with van der Waals surface area (Å²) in [6.07, 6.45) is 1.98. The van der Waals surface area contributed by atoms with Crippen LogP contribution in [-0.4, -0.2) is 21.1 Å². The van der Waals surface area contributed by atoms with Crippen LogP contribution in [0, 0.1) is 5.82 Å². The number of thioether (sulfide) groups is 1. The maximum Gasteiger partial charge on any atom is 0.233 e.